The monoisotopic (exact) mass is 415 g/mol. The van der Waals surface area contributed by atoms with Crippen molar-refractivity contribution in [3.63, 3.8) is 0 Å². The zero-order valence-electron chi connectivity index (χ0n) is 15.9. The quantitative estimate of drug-likeness (QED) is 0.706. The zero-order valence-corrected chi connectivity index (χ0v) is 17.5. The molecule has 1 aromatic carbocycles. The van der Waals surface area contributed by atoms with Crippen LogP contribution in [0.4, 0.5) is 5.82 Å². The van der Waals surface area contributed by atoms with Gasteiger partial charge in [-0.15, -0.1) is 0 Å². The predicted octanol–water partition coefficient (Wildman–Crippen LogP) is 5.15. The van der Waals surface area contributed by atoms with Crippen molar-refractivity contribution in [1.82, 2.24) is 10.3 Å². The second kappa shape index (κ2) is 8.29. The number of aromatic hydroxyl groups is 1. The van der Waals surface area contributed by atoms with Gasteiger partial charge in [0.15, 0.2) is 0 Å². The summed E-state index contributed by atoms with van der Waals surface area (Å²) in [5.41, 5.74) is -0.0448. The number of para-hydroxylation sites is 1. The molecule has 28 heavy (non-hydrogen) atoms. The number of carbonyl (C=O) groups excluding carboxylic acids is 1. The van der Waals surface area contributed by atoms with Crippen LogP contribution in [-0.4, -0.2) is 22.5 Å². The maximum absolute atomic E-state index is 12.4. The SMILES string of the molecule is CC1=CN(c2ccc(Cl)cn2)C(=CC(C)(C)CNC(=O)c2ccccc2O)S1. The number of nitrogens with zero attached hydrogens (tertiary/aromatic N) is 2. The first-order valence-corrected chi connectivity index (χ1v) is 10.0. The van der Waals surface area contributed by atoms with Crippen LogP contribution >= 0.6 is 23.4 Å². The van der Waals surface area contributed by atoms with Gasteiger partial charge in [-0.1, -0.05) is 49.3 Å². The third-order valence-corrected chi connectivity index (χ3v) is 5.31. The third-order valence-electron chi connectivity index (χ3n) is 4.14. The van der Waals surface area contributed by atoms with Crippen molar-refractivity contribution in [2.75, 3.05) is 11.4 Å². The van der Waals surface area contributed by atoms with Crippen LogP contribution in [0.15, 0.2) is 64.8 Å². The molecule has 0 saturated carbocycles. The normalized spacial score (nSPS) is 15.6. The van der Waals surface area contributed by atoms with Crippen molar-refractivity contribution < 1.29 is 9.90 Å². The molecule has 2 N–H and O–H groups in total. The summed E-state index contributed by atoms with van der Waals surface area (Å²) < 4.78 is 0. The van der Waals surface area contributed by atoms with Crippen molar-refractivity contribution in [2.24, 2.45) is 5.41 Å². The molecule has 0 fully saturated rings. The summed E-state index contributed by atoms with van der Waals surface area (Å²) in [5.74, 6) is 0.463. The molecule has 146 valence electrons. The Balaban J connectivity index is 1.74. The number of thioether (sulfide) groups is 1. The number of carbonyl (C=O) groups is 1. The number of anilines is 1. The summed E-state index contributed by atoms with van der Waals surface area (Å²) in [7, 11) is 0. The lowest BCUT2D eigenvalue weighted by molar-refractivity contribution is 0.0940. The molecule has 0 spiro atoms. The number of nitrogens with one attached hydrogen (secondary N) is 1. The fourth-order valence-corrected chi connectivity index (χ4v) is 3.95. The van der Waals surface area contributed by atoms with Crippen LogP contribution in [0, 0.1) is 5.41 Å². The number of benzene rings is 1. The lowest BCUT2D eigenvalue weighted by Crippen LogP contribution is -2.33. The molecule has 1 aliphatic heterocycles. The highest BCUT2D eigenvalue weighted by molar-refractivity contribution is 8.07. The second-order valence-corrected chi connectivity index (χ2v) is 8.92. The average molecular weight is 416 g/mol. The van der Waals surface area contributed by atoms with E-state index in [1.807, 2.05) is 44.0 Å². The first-order chi connectivity index (χ1) is 13.2. The van der Waals surface area contributed by atoms with Gasteiger partial charge >= 0.3 is 0 Å². The number of phenolic OH excluding ortho intramolecular Hbond substituents is 1. The molecule has 1 amide bonds. The Bertz CT molecular complexity index is 939. The first-order valence-electron chi connectivity index (χ1n) is 8.81. The van der Waals surface area contributed by atoms with Gasteiger partial charge in [-0.3, -0.25) is 9.69 Å². The van der Waals surface area contributed by atoms with Gasteiger partial charge in [0.25, 0.3) is 5.91 Å². The van der Waals surface area contributed by atoms with E-state index in [0.29, 0.717) is 11.6 Å². The molecular formula is C21H22ClN3O2S. The summed E-state index contributed by atoms with van der Waals surface area (Å²) >= 11 is 7.60. The highest BCUT2D eigenvalue weighted by Gasteiger charge is 2.25. The Morgan fingerprint density at radius 1 is 1.32 bits per heavy atom. The maximum atomic E-state index is 12.4. The molecule has 0 atom stereocenters. The molecule has 0 bridgehead atoms. The molecule has 0 radical (unpaired) electrons. The number of rotatable bonds is 5. The number of allylic oxidation sites excluding steroid dienone is 1. The summed E-state index contributed by atoms with van der Waals surface area (Å²) in [6.07, 6.45) is 5.77. The molecule has 0 aliphatic carbocycles. The molecule has 2 aromatic rings. The Kier molecular flexibility index (Phi) is 6.01. The van der Waals surface area contributed by atoms with E-state index in [9.17, 15) is 9.90 Å². The largest absolute Gasteiger partial charge is 0.507 e. The Morgan fingerprint density at radius 3 is 2.75 bits per heavy atom. The van der Waals surface area contributed by atoms with Gasteiger partial charge in [-0.2, -0.15) is 0 Å². The minimum atomic E-state index is -0.314. The number of hydrogen-bond acceptors (Lipinski definition) is 5. The van der Waals surface area contributed by atoms with Gasteiger partial charge < -0.3 is 10.4 Å². The number of amides is 1. The average Bonchev–Trinajstić information content (AvgIpc) is 3.00. The van der Waals surface area contributed by atoms with E-state index in [0.717, 1.165) is 15.8 Å². The van der Waals surface area contributed by atoms with Crippen molar-refractivity contribution in [1.29, 1.82) is 0 Å². The van der Waals surface area contributed by atoms with Crippen molar-refractivity contribution in [3.05, 3.63) is 75.4 Å². The van der Waals surface area contributed by atoms with Crippen LogP contribution in [0.3, 0.4) is 0 Å². The molecule has 1 aliphatic rings. The molecular weight excluding hydrogens is 394 g/mol. The number of phenols is 1. The van der Waals surface area contributed by atoms with Gasteiger partial charge in [0.05, 0.1) is 15.6 Å². The molecule has 2 heterocycles. The van der Waals surface area contributed by atoms with Crippen LogP contribution in [0.1, 0.15) is 31.1 Å². The second-order valence-electron chi connectivity index (χ2n) is 7.22. The minimum absolute atomic E-state index is 0.0256. The van der Waals surface area contributed by atoms with Gasteiger partial charge in [0.1, 0.15) is 11.6 Å². The van der Waals surface area contributed by atoms with Crippen molar-refractivity contribution in [2.45, 2.75) is 20.8 Å². The molecule has 0 saturated heterocycles. The molecule has 1 aromatic heterocycles. The van der Waals surface area contributed by atoms with Gasteiger partial charge in [-0.25, -0.2) is 4.98 Å². The number of pyridine rings is 1. The Morgan fingerprint density at radius 2 is 2.07 bits per heavy atom. The third kappa shape index (κ3) is 4.88. The standard InChI is InChI=1S/C21H22ClN3O2S/c1-14-12-25(18-9-8-15(22)11-23-18)19(28-14)10-21(2,3)13-24-20(27)16-6-4-5-7-17(16)26/h4-12,26H,13H2,1-3H3,(H,24,27). The Hall–Kier alpha value is -2.44. The van der Waals surface area contributed by atoms with E-state index >= 15 is 0 Å². The van der Waals surface area contributed by atoms with E-state index in [-0.39, 0.29) is 22.6 Å². The van der Waals surface area contributed by atoms with E-state index in [1.54, 1.807) is 36.2 Å². The van der Waals surface area contributed by atoms with Gasteiger partial charge in [0, 0.05) is 29.3 Å². The number of hydrogen-bond donors (Lipinski definition) is 2. The van der Waals surface area contributed by atoms with E-state index in [2.05, 4.69) is 16.4 Å². The van der Waals surface area contributed by atoms with E-state index in [4.69, 9.17) is 11.6 Å². The summed E-state index contributed by atoms with van der Waals surface area (Å²) in [6.45, 7) is 6.56. The molecule has 5 nitrogen and oxygen atoms in total. The maximum Gasteiger partial charge on any atom is 0.255 e. The molecule has 3 rings (SSSR count). The van der Waals surface area contributed by atoms with Gasteiger partial charge in [0.2, 0.25) is 0 Å². The topological polar surface area (TPSA) is 65.5 Å². The minimum Gasteiger partial charge on any atom is -0.507 e. The summed E-state index contributed by atoms with van der Waals surface area (Å²) in [6, 6.07) is 10.2. The van der Waals surface area contributed by atoms with Crippen LogP contribution < -0.4 is 10.2 Å². The zero-order chi connectivity index (χ0) is 20.3. The molecule has 0 unspecified atom stereocenters. The number of aromatic nitrogens is 1. The van der Waals surface area contributed by atoms with Crippen molar-refractivity contribution in [3.8, 4) is 5.75 Å². The fourth-order valence-electron chi connectivity index (χ4n) is 2.73. The van der Waals surface area contributed by atoms with E-state index < -0.39 is 0 Å². The summed E-state index contributed by atoms with van der Waals surface area (Å²) in [5, 5.41) is 14.4. The lowest BCUT2D eigenvalue weighted by atomic mass is 9.93. The van der Waals surface area contributed by atoms with Crippen LogP contribution in [0.25, 0.3) is 0 Å². The van der Waals surface area contributed by atoms with E-state index in [1.165, 1.54) is 6.07 Å². The highest BCUT2D eigenvalue weighted by atomic mass is 35.5. The van der Waals surface area contributed by atoms with Gasteiger partial charge in [-0.05, 0) is 37.3 Å². The Labute approximate surface area is 174 Å². The first kappa shape index (κ1) is 20.3. The highest BCUT2D eigenvalue weighted by Crippen LogP contribution is 2.40. The predicted molar refractivity (Wildman–Crippen MR) is 115 cm³/mol. The van der Waals surface area contributed by atoms with Crippen LogP contribution in [0.2, 0.25) is 5.02 Å². The van der Waals surface area contributed by atoms with Crippen LogP contribution in [0.5, 0.6) is 5.75 Å². The fraction of sp³-hybridized carbons (Fsp3) is 0.238. The number of halogens is 1. The summed E-state index contributed by atoms with van der Waals surface area (Å²) in [4.78, 5) is 19.9. The van der Waals surface area contributed by atoms with Crippen LogP contribution in [-0.2, 0) is 0 Å². The smallest absolute Gasteiger partial charge is 0.255 e. The lowest BCUT2D eigenvalue weighted by Gasteiger charge is -2.25. The van der Waals surface area contributed by atoms with Crippen molar-refractivity contribution >= 4 is 35.1 Å². The molecule has 7 heteroatoms.